The van der Waals surface area contributed by atoms with Gasteiger partial charge in [0.2, 0.25) is 0 Å². The number of hydrogen-bond acceptors (Lipinski definition) is 3. The smallest absolute Gasteiger partial charge is 0.275 e. The molecule has 2 aliphatic rings. The van der Waals surface area contributed by atoms with Crippen LogP contribution in [-0.2, 0) is 11.2 Å². The van der Waals surface area contributed by atoms with Crippen LogP contribution in [0.15, 0.2) is 0 Å². The maximum atomic E-state index is 12.6. The number of nitrogens with zero attached hydrogens (tertiary/aromatic N) is 2. The van der Waals surface area contributed by atoms with Crippen molar-refractivity contribution in [3.63, 3.8) is 0 Å². The van der Waals surface area contributed by atoms with Crippen LogP contribution in [0.3, 0.4) is 0 Å². The number of hydrogen-bond donors (Lipinski definition) is 1. The number of aromatic amines is 1. The molecule has 1 saturated heterocycles. The molecule has 0 radical (unpaired) electrons. The zero-order valence-corrected chi connectivity index (χ0v) is 12.0. The highest BCUT2D eigenvalue weighted by Crippen LogP contribution is 2.34. The minimum absolute atomic E-state index is 0.0165. The van der Waals surface area contributed by atoms with Crippen LogP contribution >= 0.6 is 0 Å². The number of ether oxygens (including phenoxy) is 1. The Hall–Kier alpha value is -1.36. The predicted molar refractivity (Wildman–Crippen MR) is 71.0 cm³/mol. The monoisotopic (exact) mass is 263 g/mol. The number of amides is 1. The molecule has 0 aromatic carbocycles. The van der Waals surface area contributed by atoms with Crippen molar-refractivity contribution in [3.8, 4) is 0 Å². The van der Waals surface area contributed by atoms with Crippen LogP contribution in [0.2, 0.25) is 0 Å². The third-order valence-electron chi connectivity index (χ3n) is 4.36. The van der Waals surface area contributed by atoms with Crippen LogP contribution in [0.4, 0.5) is 0 Å². The van der Waals surface area contributed by atoms with E-state index in [0.717, 1.165) is 30.6 Å². The SMILES string of the molecule is C[C@@H]1Cc2c(C(=O)N3CCC3(C)C)n[nH]c2[C@H](C)O1. The highest BCUT2D eigenvalue weighted by Gasteiger charge is 2.42. The third kappa shape index (κ3) is 1.87. The molecule has 0 saturated carbocycles. The topological polar surface area (TPSA) is 58.2 Å². The molecule has 104 valence electrons. The van der Waals surface area contributed by atoms with Crippen LogP contribution in [0, 0.1) is 0 Å². The molecule has 2 aliphatic heterocycles. The van der Waals surface area contributed by atoms with Crippen molar-refractivity contribution in [2.45, 2.75) is 58.3 Å². The van der Waals surface area contributed by atoms with E-state index in [2.05, 4.69) is 24.0 Å². The standard InChI is InChI=1S/C14H21N3O2/c1-8-7-10-11(9(2)19-8)15-16-12(10)13(18)17-6-5-14(17,3)4/h8-9H,5-7H2,1-4H3,(H,15,16)/t8-,9+/m1/s1. The molecule has 0 bridgehead atoms. The molecule has 1 amide bonds. The van der Waals surface area contributed by atoms with E-state index < -0.39 is 0 Å². The van der Waals surface area contributed by atoms with Crippen molar-refractivity contribution in [1.82, 2.24) is 15.1 Å². The van der Waals surface area contributed by atoms with Gasteiger partial charge in [-0.05, 0) is 34.1 Å². The minimum Gasteiger partial charge on any atom is -0.369 e. The Labute approximate surface area is 113 Å². The van der Waals surface area contributed by atoms with Crippen LogP contribution in [0.25, 0.3) is 0 Å². The maximum absolute atomic E-state index is 12.6. The maximum Gasteiger partial charge on any atom is 0.275 e. The molecule has 0 spiro atoms. The Morgan fingerprint density at radius 3 is 2.79 bits per heavy atom. The van der Waals surface area contributed by atoms with Crippen LogP contribution in [-0.4, -0.2) is 39.2 Å². The van der Waals surface area contributed by atoms with E-state index in [1.165, 1.54) is 0 Å². The molecule has 2 atom stereocenters. The van der Waals surface area contributed by atoms with Gasteiger partial charge in [-0.15, -0.1) is 0 Å². The van der Waals surface area contributed by atoms with E-state index in [1.54, 1.807) is 0 Å². The zero-order valence-electron chi connectivity index (χ0n) is 12.0. The van der Waals surface area contributed by atoms with Crippen LogP contribution in [0.1, 0.15) is 62.0 Å². The molecule has 5 nitrogen and oxygen atoms in total. The van der Waals surface area contributed by atoms with Crippen molar-refractivity contribution in [3.05, 3.63) is 17.0 Å². The van der Waals surface area contributed by atoms with Gasteiger partial charge in [0.1, 0.15) is 0 Å². The molecule has 19 heavy (non-hydrogen) atoms. The summed E-state index contributed by atoms with van der Waals surface area (Å²) in [4.78, 5) is 14.5. The number of likely N-dealkylation sites (tertiary alicyclic amines) is 1. The first-order chi connectivity index (χ1) is 8.90. The molecular weight excluding hydrogens is 242 g/mol. The van der Waals surface area contributed by atoms with Gasteiger partial charge in [-0.25, -0.2) is 0 Å². The quantitative estimate of drug-likeness (QED) is 0.843. The second kappa shape index (κ2) is 4.07. The largest absolute Gasteiger partial charge is 0.369 e. The first-order valence-corrected chi connectivity index (χ1v) is 6.94. The van der Waals surface area contributed by atoms with E-state index in [0.29, 0.717) is 5.69 Å². The summed E-state index contributed by atoms with van der Waals surface area (Å²) < 4.78 is 5.75. The molecule has 1 aromatic rings. The lowest BCUT2D eigenvalue weighted by Crippen LogP contribution is -2.58. The molecule has 3 heterocycles. The number of H-pyrrole nitrogens is 1. The summed E-state index contributed by atoms with van der Waals surface area (Å²) in [5, 5.41) is 7.24. The van der Waals surface area contributed by atoms with Crippen molar-refractivity contribution in [2.24, 2.45) is 0 Å². The molecule has 1 N–H and O–H groups in total. The molecule has 5 heteroatoms. The normalized spacial score (nSPS) is 28.7. The van der Waals surface area contributed by atoms with Gasteiger partial charge in [0.25, 0.3) is 5.91 Å². The van der Waals surface area contributed by atoms with Crippen molar-refractivity contribution in [1.29, 1.82) is 0 Å². The summed E-state index contributed by atoms with van der Waals surface area (Å²) in [7, 11) is 0. The number of nitrogens with one attached hydrogen (secondary N) is 1. The lowest BCUT2D eigenvalue weighted by molar-refractivity contribution is -0.00736. The van der Waals surface area contributed by atoms with Gasteiger partial charge in [0.15, 0.2) is 5.69 Å². The Kier molecular flexibility index (Phi) is 2.71. The Morgan fingerprint density at radius 2 is 2.21 bits per heavy atom. The molecule has 1 fully saturated rings. The summed E-state index contributed by atoms with van der Waals surface area (Å²) in [6.45, 7) is 9.06. The number of fused-ring (bicyclic) bond motifs is 1. The first kappa shape index (κ1) is 12.7. The second-order valence-electron chi connectivity index (χ2n) is 6.28. The minimum atomic E-state index is -0.0364. The van der Waals surface area contributed by atoms with E-state index in [1.807, 2.05) is 18.7 Å². The summed E-state index contributed by atoms with van der Waals surface area (Å²) in [6, 6.07) is 0. The lowest BCUT2D eigenvalue weighted by atomic mass is 9.88. The molecule has 3 rings (SSSR count). The van der Waals surface area contributed by atoms with E-state index >= 15 is 0 Å². The van der Waals surface area contributed by atoms with Crippen LogP contribution < -0.4 is 0 Å². The fraction of sp³-hybridized carbons (Fsp3) is 0.714. The fourth-order valence-corrected chi connectivity index (χ4v) is 3.03. The lowest BCUT2D eigenvalue weighted by Gasteiger charge is -2.48. The number of aromatic nitrogens is 2. The van der Waals surface area contributed by atoms with Gasteiger partial charge in [0.05, 0.1) is 17.9 Å². The van der Waals surface area contributed by atoms with Gasteiger partial charge in [-0.1, -0.05) is 0 Å². The Balaban J connectivity index is 1.93. The number of carbonyl (C=O) groups is 1. The summed E-state index contributed by atoms with van der Waals surface area (Å²) in [6.07, 6.45) is 1.93. The summed E-state index contributed by atoms with van der Waals surface area (Å²) >= 11 is 0. The van der Waals surface area contributed by atoms with Crippen LogP contribution in [0.5, 0.6) is 0 Å². The Bertz CT molecular complexity index is 521. The van der Waals surface area contributed by atoms with Crippen molar-refractivity contribution >= 4 is 5.91 Å². The second-order valence-corrected chi connectivity index (χ2v) is 6.28. The van der Waals surface area contributed by atoms with Gasteiger partial charge >= 0.3 is 0 Å². The predicted octanol–water partition coefficient (Wildman–Crippen LogP) is 2.06. The van der Waals surface area contributed by atoms with Crippen molar-refractivity contribution in [2.75, 3.05) is 6.54 Å². The van der Waals surface area contributed by atoms with Gasteiger partial charge in [-0.2, -0.15) is 5.10 Å². The average Bonchev–Trinajstić information content (AvgIpc) is 2.71. The Morgan fingerprint density at radius 1 is 1.47 bits per heavy atom. The highest BCUT2D eigenvalue weighted by atomic mass is 16.5. The molecule has 0 aliphatic carbocycles. The summed E-state index contributed by atoms with van der Waals surface area (Å²) in [5.74, 6) is 0.0510. The number of rotatable bonds is 1. The number of carbonyl (C=O) groups excluding carboxylic acids is 1. The molecule has 0 unspecified atom stereocenters. The van der Waals surface area contributed by atoms with Crippen molar-refractivity contribution < 1.29 is 9.53 Å². The molecular formula is C14H21N3O2. The van der Waals surface area contributed by atoms with E-state index in [4.69, 9.17) is 4.74 Å². The first-order valence-electron chi connectivity index (χ1n) is 6.94. The van der Waals surface area contributed by atoms with Gasteiger partial charge < -0.3 is 9.64 Å². The van der Waals surface area contributed by atoms with E-state index in [9.17, 15) is 4.79 Å². The van der Waals surface area contributed by atoms with E-state index in [-0.39, 0.29) is 23.7 Å². The average molecular weight is 263 g/mol. The van der Waals surface area contributed by atoms with Gasteiger partial charge in [-0.3, -0.25) is 9.89 Å². The third-order valence-corrected chi connectivity index (χ3v) is 4.36. The highest BCUT2D eigenvalue weighted by molar-refractivity contribution is 5.95. The molecule has 1 aromatic heterocycles. The van der Waals surface area contributed by atoms with Gasteiger partial charge in [0, 0.05) is 24.1 Å². The zero-order chi connectivity index (χ0) is 13.8. The fourth-order valence-electron chi connectivity index (χ4n) is 3.03. The summed E-state index contributed by atoms with van der Waals surface area (Å²) in [5.41, 5.74) is 2.55.